The van der Waals surface area contributed by atoms with Crippen molar-refractivity contribution in [2.24, 2.45) is 0 Å². The Morgan fingerprint density at radius 3 is 1.19 bits per heavy atom. The topological polar surface area (TPSA) is 336 Å². The van der Waals surface area contributed by atoms with Crippen LogP contribution in [0.1, 0.15) is 96.0 Å². The molecule has 0 aliphatic carbocycles. The van der Waals surface area contributed by atoms with E-state index in [1.54, 1.807) is 97.9 Å². The van der Waals surface area contributed by atoms with E-state index >= 15 is 17.6 Å². The molecule has 0 saturated heterocycles. The molecule has 9 heterocycles. The van der Waals surface area contributed by atoms with Gasteiger partial charge in [-0.05, 0) is 181 Å². The fraction of sp³-hybridized carbons (Fsp3) is 0.151. The summed E-state index contributed by atoms with van der Waals surface area (Å²) in [5, 5.41) is 56.3. The van der Waals surface area contributed by atoms with Gasteiger partial charge in [0.25, 0.3) is 0 Å². The number of aliphatic hydroxyl groups is 3. The lowest BCUT2D eigenvalue weighted by atomic mass is 9.80. The molecule has 0 amide bonds. The third-order valence-corrected chi connectivity index (χ3v) is 17.5. The van der Waals surface area contributed by atoms with E-state index in [4.69, 9.17) is 13.6 Å². The Labute approximate surface area is 565 Å². The van der Waals surface area contributed by atoms with Gasteiger partial charge in [-0.15, -0.1) is 0 Å². The Bertz CT molecular complexity index is 5820. The number of hydrogen-bond acceptors (Lipinski definition) is 16. The zero-order valence-corrected chi connectivity index (χ0v) is 54.5. The van der Waals surface area contributed by atoms with Crippen molar-refractivity contribution in [3.8, 4) is 33.4 Å². The zero-order chi connectivity index (χ0) is 71.7. The van der Waals surface area contributed by atoms with Crippen molar-refractivity contribution in [1.82, 2.24) is 65.5 Å². The highest BCUT2D eigenvalue weighted by Crippen LogP contribution is 2.47. The molecule has 28 heteroatoms. The largest absolute Gasteiger partial charge is 0.374 e. The number of aryl methyl sites for hydroxylation is 8. The number of aromatic nitrogens is 13. The van der Waals surface area contributed by atoms with Crippen LogP contribution >= 0.6 is 0 Å². The third-order valence-electron chi connectivity index (χ3n) is 17.5. The van der Waals surface area contributed by atoms with Crippen LogP contribution < -0.4 is 17.1 Å². The van der Waals surface area contributed by atoms with Gasteiger partial charge in [0.1, 0.15) is 57.9 Å². The molecule has 15 aromatic rings. The van der Waals surface area contributed by atoms with E-state index < -0.39 is 74.3 Å². The number of nitrogens with zero attached hydrogens (tertiary/aromatic N) is 7. The Kier molecular flexibility index (Phi) is 17.2. The lowest BCUT2D eigenvalue weighted by Gasteiger charge is -2.30. The van der Waals surface area contributed by atoms with Crippen molar-refractivity contribution in [3.63, 3.8) is 0 Å². The first-order valence-electron chi connectivity index (χ1n) is 30.9. The normalized spacial score (nSPS) is 13.4. The molecule has 3 unspecified atom stereocenters. The van der Waals surface area contributed by atoms with E-state index in [-0.39, 0.29) is 61.4 Å². The van der Waals surface area contributed by atoms with Crippen LogP contribution in [0.15, 0.2) is 174 Å². The summed E-state index contributed by atoms with van der Waals surface area (Å²) in [5.41, 5.74) is -0.557. The van der Waals surface area contributed by atoms with E-state index in [1.165, 1.54) is 66.9 Å². The minimum atomic E-state index is -2.44. The van der Waals surface area contributed by atoms with E-state index in [0.29, 0.717) is 95.4 Å². The van der Waals surface area contributed by atoms with Crippen LogP contribution in [-0.4, -0.2) is 80.9 Å². The molecule has 0 radical (unpaired) electrons. The standard InChI is InChI=1S/2C25H20F2N4O3.C23H17F2N5O3/c1-12-4-6-19(27)17(8-12)25(33,21-7-5-16(26)11-28-21)18-9-15(22-13(2)31-34-14(22)3)10-20-23(18)30-24(32)29-20;1-12-4-6-17(19(27)8-12)25(33,21-7-5-16(26)11-28-21)18-9-15(22-13(2)31-34-14(22)3)10-20-23(18)30-24(32)29-20;1-11-19(12(2)33-30-11)13-9-14(21-17(10-13)27-22(31)28-21)23(32,18-7-4-8-26-29-18)20-15(24)5-3-6-16(20)25/h2*4-11,33H,1-3H3,(H2,29,30,32);3-10,32H,1-2H3,(H2,27,28,31). The average Bonchev–Trinajstić information content (AvgIpc) is 1.73. The van der Waals surface area contributed by atoms with Gasteiger partial charge in [-0.2, -0.15) is 10.2 Å². The molecule has 0 saturated carbocycles. The van der Waals surface area contributed by atoms with E-state index in [0.717, 1.165) is 36.7 Å². The Morgan fingerprint density at radius 1 is 0.386 bits per heavy atom. The summed E-state index contributed by atoms with van der Waals surface area (Å²) < 4.78 is 104. The Balaban J connectivity index is 0.000000135. The fourth-order valence-corrected chi connectivity index (χ4v) is 13.0. The summed E-state index contributed by atoms with van der Waals surface area (Å²) in [5.74, 6) is -3.00. The molecule has 0 spiro atoms. The summed E-state index contributed by atoms with van der Waals surface area (Å²) >= 11 is 0. The molecule has 101 heavy (non-hydrogen) atoms. The first kappa shape index (κ1) is 67.2. The number of nitrogens with one attached hydrogen (secondary N) is 6. The predicted octanol–water partition coefficient (Wildman–Crippen LogP) is 12.3. The highest BCUT2D eigenvalue weighted by molar-refractivity contribution is 5.90. The number of aromatic amines is 6. The molecule has 0 aliphatic heterocycles. The lowest BCUT2D eigenvalue weighted by Crippen LogP contribution is -2.33. The summed E-state index contributed by atoms with van der Waals surface area (Å²) in [6.45, 7) is 14.0. The maximum absolute atomic E-state index is 15.3. The number of H-pyrrole nitrogens is 6. The van der Waals surface area contributed by atoms with Crippen LogP contribution in [-0.2, 0) is 16.8 Å². The predicted molar refractivity (Wildman–Crippen MR) is 357 cm³/mol. The van der Waals surface area contributed by atoms with Gasteiger partial charge in [0, 0.05) is 50.7 Å². The quantitative estimate of drug-likeness (QED) is 0.0513. The maximum Gasteiger partial charge on any atom is 0.323 e. The number of benzene rings is 6. The van der Waals surface area contributed by atoms with Crippen molar-refractivity contribution in [3.05, 3.63) is 308 Å². The van der Waals surface area contributed by atoms with Gasteiger partial charge in [-0.1, -0.05) is 45.3 Å². The minimum absolute atomic E-state index is 0.00199. The number of pyridine rings is 2. The second-order valence-corrected chi connectivity index (χ2v) is 24.2. The average molecular weight is 1370 g/mol. The van der Waals surface area contributed by atoms with Crippen molar-refractivity contribution in [2.45, 2.75) is 72.2 Å². The molecule has 0 bridgehead atoms. The van der Waals surface area contributed by atoms with E-state index in [1.807, 2.05) is 0 Å². The Morgan fingerprint density at radius 2 is 0.802 bits per heavy atom. The summed E-state index contributed by atoms with van der Waals surface area (Å²) in [6.07, 6.45) is 3.26. The van der Waals surface area contributed by atoms with Gasteiger partial charge < -0.3 is 58.8 Å². The number of rotatable bonds is 12. The molecule has 6 aromatic carbocycles. The summed E-state index contributed by atoms with van der Waals surface area (Å²) in [6, 6.07) is 29.6. The second-order valence-electron chi connectivity index (χ2n) is 24.2. The molecular weight excluding hydrogens is 1320 g/mol. The van der Waals surface area contributed by atoms with Crippen LogP contribution in [0.2, 0.25) is 0 Å². The Hall–Kier alpha value is -12.4. The molecule has 22 nitrogen and oxygen atoms in total. The minimum Gasteiger partial charge on any atom is -0.374 e. The molecule has 9 aromatic heterocycles. The number of imidazole rings is 3. The SMILES string of the molecule is Cc1ccc(C(O)(c2ccc(F)cn2)c2cc(-c3c(C)noc3C)cc3[nH]c(=O)[nH]c23)c(F)c1.Cc1ccc(F)c(C(O)(c2ccc(F)cn2)c2cc(-c3c(C)noc3C)cc3[nH]c(=O)[nH]c23)c1.Cc1noc(C)c1-c1cc(C(O)(c2cccnn2)c2c(F)cccc2F)c2[nH]c(=O)[nH]c2c1. The third kappa shape index (κ3) is 11.9. The summed E-state index contributed by atoms with van der Waals surface area (Å²) in [4.78, 5) is 60.9. The van der Waals surface area contributed by atoms with Gasteiger partial charge in [-0.25, -0.2) is 40.7 Å². The molecular formula is C73H57F6N13O9. The van der Waals surface area contributed by atoms with Gasteiger partial charge in [0.15, 0.2) is 16.8 Å². The molecule has 3 atom stereocenters. The molecule has 9 N–H and O–H groups in total. The van der Waals surface area contributed by atoms with Crippen molar-refractivity contribution in [1.29, 1.82) is 0 Å². The van der Waals surface area contributed by atoms with Gasteiger partial charge in [0.05, 0.1) is 79.5 Å². The number of fused-ring (bicyclic) bond motifs is 3. The van der Waals surface area contributed by atoms with E-state index in [9.17, 15) is 38.5 Å². The van der Waals surface area contributed by atoms with Crippen LogP contribution in [0, 0.1) is 90.3 Å². The van der Waals surface area contributed by atoms with Gasteiger partial charge in [0.2, 0.25) is 0 Å². The number of hydrogen-bond donors (Lipinski definition) is 9. The second kappa shape index (κ2) is 25.8. The van der Waals surface area contributed by atoms with Crippen LogP contribution in [0.25, 0.3) is 66.5 Å². The molecule has 0 aliphatic rings. The summed E-state index contributed by atoms with van der Waals surface area (Å²) in [7, 11) is 0. The van der Waals surface area contributed by atoms with Crippen molar-refractivity contribution in [2.75, 3.05) is 0 Å². The van der Waals surface area contributed by atoms with Crippen molar-refractivity contribution >= 4 is 33.1 Å². The number of halogens is 6. The first-order chi connectivity index (χ1) is 48.2. The highest BCUT2D eigenvalue weighted by Gasteiger charge is 2.45. The smallest absolute Gasteiger partial charge is 0.323 e. The van der Waals surface area contributed by atoms with E-state index in [2.05, 4.69) is 65.5 Å². The van der Waals surface area contributed by atoms with Crippen molar-refractivity contribution < 1.29 is 55.2 Å². The van der Waals surface area contributed by atoms with Crippen LogP contribution in [0.3, 0.4) is 0 Å². The van der Waals surface area contributed by atoms with Gasteiger partial charge in [-0.3, -0.25) is 9.97 Å². The maximum atomic E-state index is 15.3. The van der Waals surface area contributed by atoms with Crippen LogP contribution in [0.4, 0.5) is 26.3 Å². The first-order valence-corrected chi connectivity index (χ1v) is 30.9. The van der Waals surface area contributed by atoms with Gasteiger partial charge >= 0.3 is 17.1 Å². The zero-order valence-electron chi connectivity index (χ0n) is 54.5. The monoisotopic (exact) mass is 1370 g/mol. The molecule has 510 valence electrons. The lowest BCUT2D eigenvalue weighted by molar-refractivity contribution is 0.112. The molecule has 0 fully saturated rings. The van der Waals surface area contributed by atoms with Crippen LogP contribution in [0.5, 0.6) is 0 Å². The molecule has 15 rings (SSSR count). The highest BCUT2D eigenvalue weighted by atomic mass is 19.2. The fourth-order valence-electron chi connectivity index (χ4n) is 13.0.